The van der Waals surface area contributed by atoms with Crippen LogP contribution in [0.4, 0.5) is 0 Å². The Kier molecular flexibility index (Phi) is 4.11. The Hall–Kier alpha value is -0.860. The second-order valence-corrected chi connectivity index (χ2v) is 5.23. The van der Waals surface area contributed by atoms with Gasteiger partial charge in [0.15, 0.2) is 0 Å². The van der Waals surface area contributed by atoms with E-state index in [1.807, 2.05) is 7.05 Å². The van der Waals surface area contributed by atoms with Gasteiger partial charge in [-0.2, -0.15) is 0 Å². The number of nitrogens with one attached hydrogen (secondary N) is 1. The van der Waals surface area contributed by atoms with Gasteiger partial charge in [0.25, 0.3) is 0 Å². The highest BCUT2D eigenvalue weighted by molar-refractivity contribution is 5.35. The number of hydrogen-bond donors (Lipinski definition) is 1. The molecular formula is C14H23NO. The van der Waals surface area contributed by atoms with Gasteiger partial charge in [0.2, 0.25) is 0 Å². The van der Waals surface area contributed by atoms with Crippen LogP contribution in [0, 0.1) is 6.92 Å². The lowest BCUT2D eigenvalue weighted by Crippen LogP contribution is -2.20. The Morgan fingerprint density at radius 3 is 2.25 bits per heavy atom. The molecule has 0 radical (unpaired) electrons. The lowest BCUT2D eigenvalue weighted by atomic mass is 9.85. The molecule has 0 spiro atoms. The zero-order chi connectivity index (χ0) is 12.3. The maximum atomic E-state index is 5.38. The summed E-state index contributed by atoms with van der Waals surface area (Å²) in [6, 6.07) is 6.59. The average Bonchev–Trinajstić information content (AvgIpc) is 2.20. The Bertz CT molecular complexity index is 348. The predicted octanol–water partition coefficient (Wildman–Crippen LogP) is 3.16. The topological polar surface area (TPSA) is 21.3 Å². The van der Waals surface area contributed by atoms with E-state index < -0.39 is 0 Å². The Labute approximate surface area is 99.0 Å². The van der Waals surface area contributed by atoms with E-state index in [9.17, 15) is 0 Å². The summed E-state index contributed by atoms with van der Waals surface area (Å²) < 4.78 is 5.38. The van der Waals surface area contributed by atoms with Gasteiger partial charge in [0.05, 0.1) is 0 Å². The third-order valence-corrected chi connectivity index (χ3v) is 2.92. The zero-order valence-corrected chi connectivity index (χ0v) is 11.2. The van der Waals surface area contributed by atoms with Crippen molar-refractivity contribution in [2.45, 2.75) is 39.3 Å². The van der Waals surface area contributed by atoms with Crippen LogP contribution in [0.2, 0.25) is 0 Å². The van der Waals surface area contributed by atoms with Gasteiger partial charge in [-0.15, -0.1) is 0 Å². The molecule has 1 aromatic carbocycles. The fourth-order valence-corrected chi connectivity index (χ4v) is 1.84. The zero-order valence-electron chi connectivity index (χ0n) is 11.2. The fourth-order valence-electron chi connectivity index (χ4n) is 1.84. The monoisotopic (exact) mass is 221 g/mol. The Morgan fingerprint density at radius 1 is 1.25 bits per heavy atom. The first-order valence-corrected chi connectivity index (χ1v) is 5.71. The maximum absolute atomic E-state index is 5.38. The quantitative estimate of drug-likeness (QED) is 0.792. The van der Waals surface area contributed by atoms with Crippen molar-refractivity contribution in [3.05, 3.63) is 34.9 Å². The summed E-state index contributed by atoms with van der Waals surface area (Å²) >= 11 is 0. The molecule has 90 valence electrons. The van der Waals surface area contributed by atoms with Crippen LogP contribution in [0.15, 0.2) is 18.2 Å². The molecule has 2 nitrogen and oxygen atoms in total. The van der Waals surface area contributed by atoms with Crippen molar-refractivity contribution in [1.29, 1.82) is 0 Å². The van der Waals surface area contributed by atoms with Gasteiger partial charge in [-0.25, -0.2) is 0 Å². The summed E-state index contributed by atoms with van der Waals surface area (Å²) in [4.78, 5) is 0. The number of ether oxygens (including phenoxy) is 1. The molecule has 0 heterocycles. The van der Waals surface area contributed by atoms with Crippen LogP contribution in [0.3, 0.4) is 0 Å². The molecular weight excluding hydrogens is 198 g/mol. The number of aryl methyl sites for hydroxylation is 1. The first-order valence-electron chi connectivity index (χ1n) is 5.71. The van der Waals surface area contributed by atoms with Crippen LogP contribution in [-0.4, -0.2) is 14.2 Å². The largest absolute Gasteiger partial charge is 0.362 e. The van der Waals surface area contributed by atoms with Crippen LogP contribution < -0.4 is 5.32 Å². The lowest BCUT2D eigenvalue weighted by Gasteiger charge is -2.23. The van der Waals surface area contributed by atoms with Crippen molar-refractivity contribution in [3.8, 4) is 0 Å². The standard InChI is InChI=1S/C14H23NO/c1-10-9-11(14(2,3)4)7-8-12(10)13(15-5)16-6/h7-9,13,15H,1-6H3. The summed E-state index contributed by atoms with van der Waals surface area (Å²) in [5, 5.41) is 3.14. The second kappa shape index (κ2) is 4.98. The number of methoxy groups -OCH3 is 1. The minimum Gasteiger partial charge on any atom is -0.362 e. The molecule has 0 aliphatic carbocycles. The molecule has 1 aromatic rings. The third-order valence-electron chi connectivity index (χ3n) is 2.92. The van der Waals surface area contributed by atoms with Gasteiger partial charge in [0.1, 0.15) is 6.23 Å². The minimum absolute atomic E-state index is 0.0194. The molecule has 1 unspecified atom stereocenters. The van der Waals surface area contributed by atoms with Gasteiger partial charge >= 0.3 is 0 Å². The van der Waals surface area contributed by atoms with Crippen LogP contribution >= 0.6 is 0 Å². The first-order chi connectivity index (χ1) is 7.40. The lowest BCUT2D eigenvalue weighted by molar-refractivity contribution is 0.0803. The number of hydrogen-bond acceptors (Lipinski definition) is 2. The SMILES string of the molecule is CNC(OC)c1ccc(C(C)(C)C)cc1C. The predicted molar refractivity (Wildman–Crippen MR) is 68.7 cm³/mol. The molecule has 0 aliphatic rings. The van der Waals surface area contributed by atoms with Gasteiger partial charge < -0.3 is 4.74 Å². The number of benzene rings is 1. The maximum Gasteiger partial charge on any atom is 0.133 e. The third kappa shape index (κ3) is 2.83. The van der Waals surface area contributed by atoms with Gasteiger partial charge in [-0.05, 0) is 36.1 Å². The van der Waals surface area contributed by atoms with Crippen LogP contribution in [-0.2, 0) is 10.2 Å². The number of rotatable bonds is 3. The first kappa shape index (κ1) is 13.2. The summed E-state index contributed by atoms with van der Waals surface area (Å²) in [6.07, 6.45) is -0.0194. The fraction of sp³-hybridized carbons (Fsp3) is 0.571. The van der Waals surface area contributed by atoms with Crippen LogP contribution in [0.1, 0.15) is 43.7 Å². The van der Waals surface area contributed by atoms with Crippen molar-refractivity contribution in [2.24, 2.45) is 0 Å². The average molecular weight is 221 g/mol. The molecule has 0 saturated carbocycles. The van der Waals surface area contributed by atoms with Crippen molar-refractivity contribution >= 4 is 0 Å². The van der Waals surface area contributed by atoms with Crippen molar-refractivity contribution in [2.75, 3.05) is 14.2 Å². The molecule has 1 atom stereocenters. The summed E-state index contributed by atoms with van der Waals surface area (Å²) in [6.45, 7) is 8.82. The highest BCUT2D eigenvalue weighted by Crippen LogP contribution is 2.26. The van der Waals surface area contributed by atoms with E-state index in [-0.39, 0.29) is 11.6 Å². The summed E-state index contributed by atoms with van der Waals surface area (Å²) in [7, 11) is 3.63. The normalized spacial score (nSPS) is 13.9. The Balaban J connectivity index is 3.09. The van der Waals surface area contributed by atoms with Gasteiger partial charge in [0, 0.05) is 7.11 Å². The molecule has 16 heavy (non-hydrogen) atoms. The summed E-state index contributed by atoms with van der Waals surface area (Å²) in [5.74, 6) is 0. The van der Waals surface area contributed by atoms with E-state index in [1.54, 1.807) is 7.11 Å². The van der Waals surface area contributed by atoms with Gasteiger partial charge in [-0.1, -0.05) is 39.0 Å². The van der Waals surface area contributed by atoms with Crippen molar-refractivity contribution in [1.82, 2.24) is 5.32 Å². The van der Waals surface area contributed by atoms with E-state index in [0.717, 1.165) is 0 Å². The minimum atomic E-state index is -0.0194. The molecule has 1 N–H and O–H groups in total. The molecule has 0 aromatic heterocycles. The Morgan fingerprint density at radius 2 is 1.88 bits per heavy atom. The van der Waals surface area contributed by atoms with Crippen LogP contribution in [0.25, 0.3) is 0 Å². The molecule has 2 heteroatoms. The molecule has 0 fully saturated rings. The van der Waals surface area contributed by atoms with E-state index in [4.69, 9.17) is 4.74 Å². The van der Waals surface area contributed by atoms with E-state index >= 15 is 0 Å². The molecule has 0 aliphatic heterocycles. The van der Waals surface area contributed by atoms with E-state index in [2.05, 4.69) is 51.2 Å². The van der Waals surface area contributed by atoms with Gasteiger partial charge in [-0.3, -0.25) is 5.32 Å². The molecule has 0 amide bonds. The van der Waals surface area contributed by atoms with Crippen molar-refractivity contribution < 1.29 is 4.74 Å². The highest BCUT2D eigenvalue weighted by Gasteiger charge is 2.16. The van der Waals surface area contributed by atoms with E-state index in [1.165, 1.54) is 16.7 Å². The highest BCUT2D eigenvalue weighted by atomic mass is 16.5. The van der Waals surface area contributed by atoms with E-state index in [0.29, 0.717) is 0 Å². The smallest absolute Gasteiger partial charge is 0.133 e. The second-order valence-electron chi connectivity index (χ2n) is 5.23. The molecule has 0 bridgehead atoms. The van der Waals surface area contributed by atoms with Crippen LogP contribution in [0.5, 0.6) is 0 Å². The summed E-state index contributed by atoms with van der Waals surface area (Å²) in [5.41, 5.74) is 4.04. The van der Waals surface area contributed by atoms with Crippen molar-refractivity contribution in [3.63, 3.8) is 0 Å². The molecule has 1 rings (SSSR count). The molecule has 0 saturated heterocycles.